The second kappa shape index (κ2) is 16.2. The second-order valence-electron chi connectivity index (χ2n) is 16.3. The van der Waals surface area contributed by atoms with E-state index in [2.05, 4.69) is 32.8 Å². The highest BCUT2D eigenvalue weighted by molar-refractivity contribution is 6.01. The van der Waals surface area contributed by atoms with E-state index in [-0.39, 0.29) is 41.8 Å². The zero-order valence-corrected chi connectivity index (χ0v) is 32.1. The van der Waals surface area contributed by atoms with E-state index in [4.69, 9.17) is 9.47 Å². The monoisotopic (exact) mass is 766 g/mol. The van der Waals surface area contributed by atoms with Gasteiger partial charge in [-0.15, -0.1) is 0 Å². The van der Waals surface area contributed by atoms with Crippen LogP contribution in [0.25, 0.3) is 16.6 Å². The molecule has 2 aromatic carbocycles. The van der Waals surface area contributed by atoms with Crippen LogP contribution in [0.5, 0.6) is 11.5 Å². The van der Waals surface area contributed by atoms with Crippen LogP contribution in [0.15, 0.2) is 65.7 Å². The zero-order valence-electron chi connectivity index (χ0n) is 32.1. The molecule has 296 valence electrons. The number of imide groups is 1. The Kier molecular flexibility index (Phi) is 11.0. The first-order chi connectivity index (χ1) is 27.1. The van der Waals surface area contributed by atoms with Gasteiger partial charge in [0, 0.05) is 61.7 Å². The number of halogens is 1. The third-order valence-corrected chi connectivity index (χ3v) is 11.7. The maximum absolute atomic E-state index is 13.9. The summed E-state index contributed by atoms with van der Waals surface area (Å²) in [6, 6.07) is 15.1. The van der Waals surface area contributed by atoms with Crippen LogP contribution in [-0.2, 0) is 16.0 Å². The largest absolute Gasteiger partial charge is 0.490 e. The Hall–Kier alpha value is -5.04. The molecule has 8 rings (SSSR count). The number of nitrogens with one attached hydrogen (secondary N) is 2. The average Bonchev–Trinajstić information content (AvgIpc) is 3.76. The number of amides is 3. The molecule has 2 aliphatic carbocycles. The van der Waals surface area contributed by atoms with Gasteiger partial charge in [0.2, 0.25) is 5.91 Å². The SMILES string of the molecule is CC(C)Oc1cc2nn(-c3cccn([C@H]4C[C@H]4F)c3=O)cc2cc1C(=O)NC1CCC(CN2CCCCC2Cc2ccc(OC3CCC(=O)NC3=O)cc2)CC1. The normalized spacial score (nSPS) is 25.6. The molecule has 0 spiro atoms. The second-order valence-corrected chi connectivity index (χ2v) is 16.3. The molecule has 4 fully saturated rings. The lowest BCUT2D eigenvalue weighted by atomic mass is 9.84. The number of hydrogen-bond acceptors (Lipinski definition) is 8. The number of nitrogens with zero attached hydrogens (tertiary/aromatic N) is 4. The number of fused-ring (bicyclic) bond motifs is 1. The molecule has 0 bridgehead atoms. The van der Waals surface area contributed by atoms with Gasteiger partial charge in [0.05, 0.1) is 23.2 Å². The number of piperidine rings is 2. The van der Waals surface area contributed by atoms with Gasteiger partial charge in [-0.05, 0) is 107 Å². The van der Waals surface area contributed by atoms with Crippen molar-refractivity contribution in [1.29, 1.82) is 0 Å². The summed E-state index contributed by atoms with van der Waals surface area (Å²) in [4.78, 5) is 53.3. The summed E-state index contributed by atoms with van der Waals surface area (Å²) in [7, 11) is 0. The summed E-state index contributed by atoms with van der Waals surface area (Å²) in [5.74, 6) is 0.828. The van der Waals surface area contributed by atoms with Crippen molar-refractivity contribution >= 4 is 28.6 Å². The lowest BCUT2D eigenvalue weighted by molar-refractivity contribution is -0.138. The number of pyridine rings is 1. The minimum absolute atomic E-state index is 0.0617. The fourth-order valence-electron chi connectivity index (χ4n) is 8.62. The highest BCUT2D eigenvalue weighted by Gasteiger charge is 2.40. The van der Waals surface area contributed by atoms with Crippen molar-refractivity contribution in [3.63, 3.8) is 0 Å². The molecule has 13 heteroatoms. The van der Waals surface area contributed by atoms with Crippen LogP contribution < -0.4 is 25.7 Å². The Labute approximate surface area is 325 Å². The van der Waals surface area contributed by atoms with E-state index in [1.54, 1.807) is 36.7 Å². The predicted molar refractivity (Wildman–Crippen MR) is 209 cm³/mol. The topological polar surface area (TPSA) is 137 Å². The van der Waals surface area contributed by atoms with Crippen LogP contribution >= 0.6 is 0 Å². The minimum atomic E-state index is -1.01. The van der Waals surface area contributed by atoms with E-state index < -0.39 is 18.3 Å². The van der Waals surface area contributed by atoms with Crippen molar-refractivity contribution in [1.82, 2.24) is 29.9 Å². The lowest BCUT2D eigenvalue weighted by Gasteiger charge is -2.40. The third kappa shape index (κ3) is 8.52. The number of benzene rings is 2. The third-order valence-electron chi connectivity index (χ3n) is 11.7. The van der Waals surface area contributed by atoms with Gasteiger partial charge in [0.15, 0.2) is 6.10 Å². The summed E-state index contributed by atoms with van der Waals surface area (Å²) in [6.07, 6.45) is 11.0. The van der Waals surface area contributed by atoms with Gasteiger partial charge in [-0.3, -0.25) is 29.4 Å². The van der Waals surface area contributed by atoms with E-state index in [0.717, 1.165) is 51.6 Å². The van der Waals surface area contributed by atoms with Gasteiger partial charge in [0.1, 0.15) is 23.4 Å². The molecule has 12 nitrogen and oxygen atoms in total. The van der Waals surface area contributed by atoms with Crippen molar-refractivity contribution in [3.05, 3.63) is 82.4 Å². The molecule has 2 saturated heterocycles. The number of ether oxygens (including phenoxy) is 2. The number of hydrogen-bond donors (Lipinski definition) is 2. The van der Waals surface area contributed by atoms with Gasteiger partial charge in [0.25, 0.3) is 17.4 Å². The Bertz CT molecular complexity index is 2140. The molecule has 4 atom stereocenters. The van der Waals surface area contributed by atoms with E-state index in [9.17, 15) is 23.6 Å². The molecular formula is C43H51FN6O6. The van der Waals surface area contributed by atoms with Crippen molar-refractivity contribution in [2.45, 2.75) is 121 Å². The van der Waals surface area contributed by atoms with Crippen molar-refractivity contribution in [2.75, 3.05) is 13.1 Å². The maximum atomic E-state index is 13.9. The fraction of sp³-hybridized carbons (Fsp3) is 0.512. The molecule has 2 aromatic heterocycles. The first-order valence-electron chi connectivity index (χ1n) is 20.3. The van der Waals surface area contributed by atoms with Crippen LogP contribution in [0.2, 0.25) is 0 Å². The molecule has 2 saturated carbocycles. The lowest BCUT2D eigenvalue weighted by Crippen LogP contribution is -2.46. The van der Waals surface area contributed by atoms with Crippen LogP contribution in [0, 0.1) is 5.92 Å². The highest BCUT2D eigenvalue weighted by Crippen LogP contribution is 2.38. The van der Waals surface area contributed by atoms with E-state index in [1.165, 1.54) is 27.7 Å². The molecule has 2 unspecified atom stereocenters. The first kappa shape index (κ1) is 37.9. The molecule has 2 aliphatic heterocycles. The Morgan fingerprint density at radius 3 is 2.54 bits per heavy atom. The minimum Gasteiger partial charge on any atom is -0.490 e. The number of aromatic nitrogens is 3. The Morgan fingerprint density at radius 1 is 1.02 bits per heavy atom. The van der Waals surface area contributed by atoms with Gasteiger partial charge < -0.3 is 19.4 Å². The molecule has 4 heterocycles. The van der Waals surface area contributed by atoms with Crippen LogP contribution in [0.4, 0.5) is 4.39 Å². The number of alkyl halides is 1. The molecule has 4 aromatic rings. The van der Waals surface area contributed by atoms with Crippen LogP contribution in [-0.4, -0.2) is 80.5 Å². The summed E-state index contributed by atoms with van der Waals surface area (Å²) in [6.45, 7) is 5.97. The highest BCUT2D eigenvalue weighted by atomic mass is 19.1. The van der Waals surface area contributed by atoms with Gasteiger partial charge in [-0.2, -0.15) is 5.10 Å². The average molecular weight is 767 g/mol. The van der Waals surface area contributed by atoms with E-state index in [0.29, 0.717) is 58.5 Å². The number of likely N-dealkylation sites (tertiary alicyclic amines) is 1. The van der Waals surface area contributed by atoms with E-state index in [1.807, 2.05) is 26.0 Å². The van der Waals surface area contributed by atoms with E-state index >= 15 is 0 Å². The number of rotatable bonds is 12. The van der Waals surface area contributed by atoms with Crippen molar-refractivity contribution in [3.8, 4) is 17.2 Å². The molecule has 3 amide bonds. The summed E-state index contributed by atoms with van der Waals surface area (Å²) in [5.41, 5.74) is 2.28. The number of carbonyl (C=O) groups excluding carboxylic acids is 3. The van der Waals surface area contributed by atoms with Crippen molar-refractivity contribution < 1.29 is 28.2 Å². The van der Waals surface area contributed by atoms with Gasteiger partial charge in [-0.25, -0.2) is 9.07 Å². The molecule has 4 aliphatic rings. The quantitative estimate of drug-likeness (QED) is 0.172. The zero-order chi connectivity index (χ0) is 38.9. The molecule has 0 radical (unpaired) electrons. The van der Waals surface area contributed by atoms with Crippen LogP contribution in [0.3, 0.4) is 0 Å². The fourth-order valence-corrected chi connectivity index (χ4v) is 8.62. The smallest absolute Gasteiger partial charge is 0.276 e. The number of carbonyl (C=O) groups is 3. The summed E-state index contributed by atoms with van der Waals surface area (Å²) >= 11 is 0. The van der Waals surface area contributed by atoms with Crippen molar-refractivity contribution in [2.24, 2.45) is 5.92 Å². The standard InChI is InChI=1S/C43H51FN6O6/c1-26(2)55-39-23-35-29(25-50(47-35)36-7-5-19-49(43(36)54)37-22-34(37)44)21-33(39)41(52)45-30-12-8-28(9-13-30)24-48-18-4-3-6-31(48)20-27-10-14-32(15-11-27)56-38-16-17-40(51)46-42(38)53/h5,7,10-11,14-15,19,21,23,25-26,28,30-31,34,37-38H,3-4,6,8-9,12-13,16-18,20,22,24H2,1-2H3,(H,45,52)(H,46,51,53)/t28?,30?,31?,34-,37+,38?/m1/s1. The van der Waals surface area contributed by atoms with Gasteiger partial charge in [-0.1, -0.05) is 18.6 Å². The first-order valence-corrected chi connectivity index (χ1v) is 20.3. The predicted octanol–water partition coefficient (Wildman–Crippen LogP) is 5.83. The van der Waals surface area contributed by atoms with Gasteiger partial charge >= 0.3 is 0 Å². The molecule has 2 N–H and O–H groups in total. The Morgan fingerprint density at radius 2 is 1.80 bits per heavy atom. The molecule has 56 heavy (non-hydrogen) atoms. The summed E-state index contributed by atoms with van der Waals surface area (Å²) < 4.78 is 28.7. The summed E-state index contributed by atoms with van der Waals surface area (Å²) in [5, 5.41) is 11.0. The Balaban J connectivity index is 0.872. The van der Waals surface area contributed by atoms with Crippen LogP contribution in [0.1, 0.15) is 100 Å². The molecular weight excluding hydrogens is 716 g/mol. The maximum Gasteiger partial charge on any atom is 0.276 e.